The standard InChI is InChI=1S/C14H16N2O3S/c1-18-12-5-3-10(4-6-12)8-15-14-16-11(9-20-14)7-13(17)19-2/h3-6,9H,7-8H2,1-2H3,(H,15,16). The second-order valence-electron chi connectivity index (χ2n) is 4.10. The van der Waals surface area contributed by atoms with Crippen molar-refractivity contribution in [1.82, 2.24) is 4.98 Å². The summed E-state index contributed by atoms with van der Waals surface area (Å²) in [6, 6.07) is 7.83. The van der Waals surface area contributed by atoms with E-state index in [1.165, 1.54) is 18.4 Å². The van der Waals surface area contributed by atoms with Gasteiger partial charge in [0.25, 0.3) is 0 Å². The van der Waals surface area contributed by atoms with Crippen LogP contribution in [0.5, 0.6) is 5.75 Å². The molecule has 0 saturated carbocycles. The first-order chi connectivity index (χ1) is 9.71. The van der Waals surface area contributed by atoms with Gasteiger partial charge in [0.2, 0.25) is 0 Å². The molecule has 0 radical (unpaired) electrons. The van der Waals surface area contributed by atoms with Crippen molar-refractivity contribution in [3.8, 4) is 5.75 Å². The molecule has 0 bridgehead atoms. The smallest absolute Gasteiger partial charge is 0.311 e. The van der Waals surface area contributed by atoms with Gasteiger partial charge >= 0.3 is 5.97 Å². The lowest BCUT2D eigenvalue weighted by Crippen LogP contribution is -2.05. The molecule has 1 aromatic carbocycles. The number of carbonyl (C=O) groups is 1. The highest BCUT2D eigenvalue weighted by Crippen LogP contribution is 2.18. The number of hydrogen-bond donors (Lipinski definition) is 1. The van der Waals surface area contributed by atoms with Crippen molar-refractivity contribution < 1.29 is 14.3 Å². The van der Waals surface area contributed by atoms with Crippen LogP contribution in [0.1, 0.15) is 11.3 Å². The van der Waals surface area contributed by atoms with Crippen LogP contribution >= 0.6 is 11.3 Å². The fraction of sp³-hybridized carbons (Fsp3) is 0.286. The minimum absolute atomic E-state index is 0.206. The maximum Gasteiger partial charge on any atom is 0.311 e. The van der Waals surface area contributed by atoms with E-state index >= 15 is 0 Å². The molecule has 106 valence electrons. The average Bonchev–Trinajstić information content (AvgIpc) is 2.93. The molecule has 1 heterocycles. The second kappa shape index (κ2) is 6.91. The van der Waals surface area contributed by atoms with Crippen LogP contribution in [0.25, 0.3) is 0 Å². The van der Waals surface area contributed by atoms with Gasteiger partial charge in [-0.25, -0.2) is 4.98 Å². The zero-order valence-corrected chi connectivity index (χ0v) is 12.2. The lowest BCUT2D eigenvalue weighted by atomic mass is 10.2. The highest BCUT2D eigenvalue weighted by atomic mass is 32.1. The monoisotopic (exact) mass is 292 g/mol. The summed E-state index contributed by atoms with van der Waals surface area (Å²) in [6.45, 7) is 0.676. The molecule has 0 spiro atoms. The van der Waals surface area contributed by atoms with Crippen LogP contribution in [0.15, 0.2) is 29.6 Å². The van der Waals surface area contributed by atoms with E-state index in [-0.39, 0.29) is 12.4 Å². The van der Waals surface area contributed by atoms with Gasteiger partial charge in [-0.1, -0.05) is 12.1 Å². The second-order valence-corrected chi connectivity index (χ2v) is 4.96. The molecule has 0 aliphatic rings. The Morgan fingerprint density at radius 3 is 2.70 bits per heavy atom. The Hall–Kier alpha value is -2.08. The van der Waals surface area contributed by atoms with Crippen molar-refractivity contribution in [3.05, 3.63) is 40.9 Å². The van der Waals surface area contributed by atoms with Gasteiger partial charge in [0.05, 0.1) is 26.3 Å². The van der Waals surface area contributed by atoms with Crippen molar-refractivity contribution in [2.75, 3.05) is 19.5 Å². The number of anilines is 1. The lowest BCUT2D eigenvalue weighted by molar-refractivity contribution is -0.139. The van der Waals surface area contributed by atoms with Gasteiger partial charge < -0.3 is 14.8 Å². The molecule has 0 fully saturated rings. The molecule has 6 heteroatoms. The molecule has 0 aliphatic heterocycles. The number of rotatable bonds is 6. The first kappa shape index (κ1) is 14.3. The Morgan fingerprint density at radius 2 is 2.05 bits per heavy atom. The summed E-state index contributed by atoms with van der Waals surface area (Å²) in [4.78, 5) is 15.5. The molecule has 20 heavy (non-hydrogen) atoms. The number of nitrogens with zero attached hydrogens (tertiary/aromatic N) is 1. The number of nitrogens with one attached hydrogen (secondary N) is 1. The zero-order chi connectivity index (χ0) is 14.4. The van der Waals surface area contributed by atoms with E-state index in [1.54, 1.807) is 7.11 Å². The van der Waals surface area contributed by atoms with E-state index in [1.807, 2.05) is 29.6 Å². The number of methoxy groups -OCH3 is 2. The first-order valence-electron chi connectivity index (χ1n) is 6.09. The van der Waals surface area contributed by atoms with Crippen LogP contribution in [0.2, 0.25) is 0 Å². The fourth-order valence-corrected chi connectivity index (χ4v) is 2.32. The molecular weight excluding hydrogens is 276 g/mol. The molecule has 0 saturated heterocycles. The number of thiazole rings is 1. The van der Waals surface area contributed by atoms with Gasteiger partial charge in [-0.3, -0.25) is 4.79 Å². The average molecular weight is 292 g/mol. The molecule has 1 N–H and O–H groups in total. The number of hydrogen-bond acceptors (Lipinski definition) is 6. The van der Waals surface area contributed by atoms with E-state index in [0.29, 0.717) is 6.54 Å². The van der Waals surface area contributed by atoms with Crippen molar-refractivity contribution in [2.45, 2.75) is 13.0 Å². The molecule has 1 aromatic heterocycles. The SMILES string of the molecule is COC(=O)Cc1csc(NCc2ccc(OC)cc2)n1. The number of esters is 1. The molecule has 0 atom stereocenters. The molecule has 0 aliphatic carbocycles. The number of aromatic nitrogens is 1. The van der Waals surface area contributed by atoms with Gasteiger partial charge in [0.1, 0.15) is 5.75 Å². The van der Waals surface area contributed by atoms with Gasteiger partial charge in [-0.2, -0.15) is 0 Å². The molecule has 0 unspecified atom stereocenters. The van der Waals surface area contributed by atoms with Gasteiger partial charge in [0.15, 0.2) is 5.13 Å². The maximum atomic E-state index is 11.1. The van der Waals surface area contributed by atoms with Gasteiger partial charge in [0, 0.05) is 11.9 Å². The summed E-state index contributed by atoms with van der Waals surface area (Å²) in [6.07, 6.45) is 0.206. The summed E-state index contributed by atoms with van der Waals surface area (Å²) in [5.74, 6) is 0.556. The van der Waals surface area contributed by atoms with Crippen molar-refractivity contribution >= 4 is 22.4 Å². The zero-order valence-electron chi connectivity index (χ0n) is 11.4. The summed E-state index contributed by atoms with van der Waals surface area (Å²) in [7, 11) is 3.02. The first-order valence-corrected chi connectivity index (χ1v) is 6.97. The van der Waals surface area contributed by atoms with Crippen molar-refractivity contribution in [1.29, 1.82) is 0 Å². The minimum Gasteiger partial charge on any atom is -0.497 e. The highest BCUT2D eigenvalue weighted by molar-refractivity contribution is 7.13. The Bertz CT molecular complexity index is 566. The van der Waals surface area contributed by atoms with Crippen LogP contribution in [-0.2, 0) is 22.5 Å². The van der Waals surface area contributed by atoms with Gasteiger partial charge in [-0.05, 0) is 17.7 Å². The maximum absolute atomic E-state index is 11.1. The Labute approximate surface area is 121 Å². The van der Waals surface area contributed by atoms with Crippen molar-refractivity contribution in [2.24, 2.45) is 0 Å². The quantitative estimate of drug-likeness (QED) is 0.829. The number of ether oxygens (including phenoxy) is 2. The molecule has 2 aromatic rings. The van der Waals surface area contributed by atoms with E-state index in [2.05, 4.69) is 15.0 Å². The predicted octanol–water partition coefficient (Wildman–Crippen LogP) is 2.48. The molecular formula is C14H16N2O3S. The number of benzene rings is 1. The molecule has 5 nitrogen and oxygen atoms in total. The largest absolute Gasteiger partial charge is 0.497 e. The van der Waals surface area contributed by atoms with Crippen LogP contribution in [-0.4, -0.2) is 25.2 Å². The van der Waals surface area contributed by atoms with Gasteiger partial charge in [-0.15, -0.1) is 11.3 Å². The topological polar surface area (TPSA) is 60.5 Å². The molecule has 0 amide bonds. The van der Waals surface area contributed by atoms with E-state index in [9.17, 15) is 4.79 Å². The summed E-state index contributed by atoms with van der Waals surface area (Å²) in [5, 5.41) is 5.87. The Morgan fingerprint density at radius 1 is 1.30 bits per heavy atom. The lowest BCUT2D eigenvalue weighted by Gasteiger charge is -2.04. The summed E-state index contributed by atoms with van der Waals surface area (Å²) >= 11 is 1.47. The number of carbonyl (C=O) groups excluding carboxylic acids is 1. The minimum atomic E-state index is -0.281. The predicted molar refractivity (Wildman–Crippen MR) is 78.2 cm³/mol. The van der Waals surface area contributed by atoms with Crippen LogP contribution < -0.4 is 10.1 Å². The Balaban J connectivity index is 1.88. The summed E-state index contributed by atoms with van der Waals surface area (Å²) in [5.41, 5.74) is 1.86. The van der Waals surface area contributed by atoms with Crippen LogP contribution in [0.4, 0.5) is 5.13 Å². The third kappa shape index (κ3) is 3.96. The molecule has 2 rings (SSSR count). The van der Waals surface area contributed by atoms with Crippen molar-refractivity contribution in [3.63, 3.8) is 0 Å². The van der Waals surface area contributed by atoms with E-state index < -0.39 is 0 Å². The highest BCUT2D eigenvalue weighted by Gasteiger charge is 2.07. The van der Waals surface area contributed by atoms with E-state index in [4.69, 9.17) is 4.74 Å². The fourth-order valence-electron chi connectivity index (χ4n) is 1.61. The normalized spacial score (nSPS) is 10.1. The third-order valence-electron chi connectivity index (χ3n) is 2.71. The van der Waals surface area contributed by atoms with E-state index in [0.717, 1.165) is 22.1 Å². The third-order valence-corrected chi connectivity index (χ3v) is 3.56. The van der Waals surface area contributed by atoms with Crippen LogP contribution in [0.3, 0.4) is 0 Å². The Kier molecular flexibility index (Phi) is 4.95. The van der Waals surface area contributed by atoms with Crippen LogP contribution in [0, 0.1) is 0 Å². The summed E-state index contributed by atoms with van der Waals surface area (Å²) < 4.78 is 9.72.